The van der Waals surface area contributed by atoms with E-state index in [1.807, 2.05) is 6.92 Å². The lowest BCUT2D eigenvalue weighted by Gasteiger charge is -2.18. The maximum absolute atomic E-state index is 12.0. The monoisotopic (exact) mass is 254 g/mol. The first kappa shape index (κ1) is 16.0. The van der Waals surface area contributed by atoms with Crippen LogP contribution in [0.3, 0.4) is 0 Å². The van der Waals surface area contributed by atoms with Gasteiger partial charge in [0.2, 0.25) is 6.10 Å². The molecule has 0 aromatic heterocycles. The number of ether oxygens (including phenoxy) is 1. The minimum atomic E-state index is -4.99. The lowest BCUT2D eigenvalue weighted by molar-refractivity contribution is -0.219. The number of carbonyl (C=O) groups is 1. The summed E-state index contributed by atoms with van der Waals surface area (Å²) in [5.74, 6) is -1.68. The van der Waals surface area contributed by atoms with E-state index < -0.39 is 24.4 Å². The molecule has 0 saturated heterocycles. The van der Waals surface area contributed by atoms with Gasteiger partial charge in [-0.2, -0.15) is 13.2 Å². The first-order chi connectivity index (χ1) is 7.82. The van der Waals surface area contributed by atoms with E-state index in [-0.39, 0.29) is 0 Å². The molecule has 0 rings (SSSR count). The molecule has 17 heavy (non-hydrogen) atoms. The lowest BCUT2D eigenvalue weighted by atomic mass is 10.1. The highest BCUT2D eigenvalue weighted by Gasteiger charge is 2.45. The molecular weight excluding hydrogens is 237 g/mol. The maximum Gasteiger partial charge on any atom is 0.425 e. The van der Waals surface area contributed by atoms with Crippen molar-refractivity contribution in [3.8, 4) is 0 Å². The van der Waals surface area contributed by atoms with Gasteiger partial charge in [0, 0.05) is 0 Å². The molecule has 0 bridgehead atoms. The SMILES string of the molecule is C=CC(CCCCC)OC(=O)[C@H](O)C(F)(F)F. The minimum absolute atomic E-state index is 0.410. The van der Waals surface area contributed by atoms with E-state index in [2.05, 4.69) is 11.3 Å². The molecule has 6 heteroatoms. The van der Waals surface area contributed by atoms with Gasteiger partial charge in [0.25, 0.3) is 0 Å². The van der Waals surface area contributed by atoms with E-state index in [9.17, 15) is 18.0 Å². The number of hydrogen-bond donors (Lipinski definition) is 1. The van der Waals surface area contributed by atoms with E-state index >= 15 is 0 Å². The number of aliphatic hydroxyl groups is 1. The number of rotatable bonds is 7. The van der Waals surface area contributed by atoms with Crippen molar-refractivity contribution >= 4 is 5.97 Å². The number of aliphatic hydroxyl groups excluding tert-OH is 1. The van der Waals surface area contributed by atoms with Gasteiger partial charge in [-0.25, -0.2) is 4.79 Å². The molecule has 0 radical (unpaired) electrons. The highest BCUT2D eigenvalue weighted by atomic mass is 19.4. The molecule has 0 aromatic rings. The zero-order valence-corrected chi connectivity index (χ0v) is 9.67. The Kier molecular flexibility index (Phi) is 6.87. The van der Waals surface area contributed by atoms with Crippen LogP contribution in [0.15, 0.2) is 12.7 Å². The number of alkyl halides is 3. The largest absolute Gasteiger partial charge is 0.456 e. The topological polar surface area (TPSA) is 46.5 Å². The van der Waals surface area contributed by atoms with Gasteiger partial charge in [0.1, 0.15) is 6.10 Å². The second-order valence-corrected chi connectivity index (χ2v) is 3.65. The summed E-state index contributed by atoms with van der Waals surface area (Å²) in [6, 6.07) is 0. The minimum Gasteiger partial charge on any atom is -0.456 e. The molecule has 0 fully saturated rings. The predicted molar refractivity (Wildman–Crippen MR) is 56.3 cm³/mol. The van der Waals surface area contributed by atoms with Crippen molar-refractivity contribution in [3.63, 3.8) is 0 Å². The standard InChI is InChI=1S/C11H17F3O3/c1-3-5-6-7-8(4-2)17-10(16)9(15)11(12,13)14/h4,8-9,15H,2-3,5-7H2,1H3/t8?,9-/m0/s1. The van der Waals surface area contributed by atoms with Crippen LogP contribution in [0.4, 0.5) is 13.2 Å². The van der Waals surface area contributed by atoms with Gasteiger partial charge in [0.15, 0.2) is 0 Å². The molecule has 0 saturated carbocycles. The number of unbranched alkanes of at least 4 members (excludes halogenated alkanes) is 2. The normalized spacial score (nSPS) is 15.1. The van der Waals surface area contributed by atoms with Crippen molar-refractivity contribution in [1.29, 1.82) is 0 Å². The van der Waals surface area contributed by atoms with Crippen LogP contribution < -0.4 is 0 Å². The van der Waals surface area contributed by atoms with Crippen LogP contribution >= 0.6 is 0 Å². The van der Waals surface area contributed by atoms with Crippen molar-refractivity contribution in [1.82, 2.24) is 0 Å². The smallest absolute Gasteiger partial charge is 0.425 e. The van der Waals surface area contributed by atoms with E-state index in [1.165, 1.54) is 6.08 Å². The molecule has 0 spiro atoms. The lowest BCUT2D eigenvalue weighted by Crippen LogP contribution is -2.39. The summed E-state index contributed by atoms with van der Waals surface area (Å²) in [5, 5.41) is 8.64. The van der Waals surface area contributed by atoms with Gasteiger partial charge in [-0.1, -0.05) is 32.4 Å². The Labute approximate surface area is 98.3 Å². The molecule has 2 atom stereocenters. The van der Waals surface area contributed by atoms with Crippen LogP contribution in [0.25, 0.3) is 0 Å². The Morgan fingerprint density at radius 3 is 2.47 bits per heavy atom. The molecule has 0 heterocycles. The summed E-state index contributed by atoms with van der Waals surface area (Å²) in [5.41, 5.74) is 0. The van der Waals surface area contributed by atoms with Crippen LogP contribution in [-0.2, 0) is 9.53 Å². The quantitative estimate of drug-likeness (QED) is 0.431. The number of halogens is 3. The Morgan fingerprint density at radius 2 is 2.06 bits per heavy atom. The fourth-order valence-electron chi connectivity index (χ4n) is 1.17. The summed E-state index contributed by atoms with van der Waals surface area (Å²) < 4.78 is 40.5. The highest BCUT2D eigenvalue weighted by Crippen LogP contribution is 2.21. The first-order valence-corrected chi connectivity index (χ1v) is 5.40. The van der Waals surface area contributed by atoms with Gasteiger partial charge in [-0.05, 0) is 12.8 Å². The maximum atomic E-state index is 12.0. The molecule has 100 valence electrons. The van der Waals surface area contributed by atoms with Crippen LogP contribution in [-0.4, -0.2) is 29.5 Å². The summed E-state index contributed by atoms with van der Waals surface area (Å²) in [6.45, 7) is 5.35. The summed E-state index contributed by atoms with van der Waals surface area (Å²) in [6.07, 6.45) is -4.63. The van der Waals surface area contributed by atoms with Crippen molar-refractivity contribution in [2.75, 3.05) is 0 Å². The second kappa shape index (κ2) is 7.32. The van der Waals surface area contributed by atoms with Gasteiger partial charge in [-0.3, -0.25) is 0 Å². The summed E-state index contributed by atoms with van der Waals surface area (Å²) in [4.78, 5) is 11.0. The zero-order chi connectivity index (χ0) is 13.5. The molecule has 0 amide bonds. The molecule has 3 nitrogen and oxygen atoms in total. The van der Waals surface area contributed by atoms with Crippen LogP contribution in [0.1, 0.15) is 32.6 Å². The van der Waals surface area contributed by atoms with E-state index in [0.29, 0.717) is 6.42 Å². The second-order valence-electron chi connectivity index (χ2n) is 3.65. The van der Waals surface area contributed by atoms with Crippen LogP contribution in [0, 0.1) is 0 Å². The van der Waals surface area contributed by atoms with E-state index in [1.54, 1.807) is 0 Å². The van der Waals surface area contributed by atoms with Gasteiger partial charge < -0.3 is 9.84 Å². The Morgan fingerprint density at radius 1 is 1.47 bits per heavy atom. The highest BCUT2D eigenvalue weighted by molar-refractivity contribution is 5.75. The molecule has 1 N–H and O–H groups in total. The fourth-order valence-corrected chi connectivity index (χ4v) is 1.17. The number of esters is 1. The molecule has 1 unspecified atom stereocenters. The van der Waals surface area contributed by atoms with Gasteiger partial charge in [-0.15, -0.1) is 0 Å². The van der Waals surface area contributed by atoms with Crippen LogP contribution in [0.2, 0.25) is 0 Å². The molecular formula is C11H17F3O3. The first-order valence-electron chi connectivity index (χ1n) is 5.40. The van der Waals surface area contributed by atoms with E-state index in [0.717, 1.165) is 19.3 Å². The van der Waals surface area contributed by atoms with Gasteiger partial charge >= 0.3 is 12.1 Å². The van der Waals surface area contributed by atoms with Gasteiger partial charge in [0.05, 0.1) is 0 Å². The fraction of sp³-hybridized carbons (Fsp3) is 0.727. The van der Waals surface area contributed by atoms with Crippen molar-refractivity contribution in [3.05, 3.63) is 12.7 Å². The Bertz CT molecular complexity index is 251. The average Bonchev–Trinajstić information content (AvgIpc) is 2.25. The summed E-state index contributed by atoms with van der Waals surface area (Å²) in [7, 11) is 0. The van der Waals surface area contributed by atoms with Crippen molar-refractivity contribution in [2.45, 2.75) is 51.0 Å². The zero-order valence-electron chi connectivity index (χ0n) is 9.67. The Hall–Kier alpha value is -1.04. The third-order valence-electron chi connectivity index (χ3n) is 2.16. The molecule has 0 aliphatic heterocycles. The molecule has 0 aliphatic carbocycles. The van der Waals surface area contributed by atoms with Crippen LogP contribution in [0.5, 0.6) is 0 Å². The Balaban J connectivity index is 4.19. The van der Waals surface area contributed by atoms with Crippen molar-refractivity contribution in [2.24, 2.45) is 0 Å². The third kappa shape index (κ3) is 6.31. The number of carbonyl (C=O) groups excluding carboxylic acids is 1. The average molecular weight is 254 g/mol. The number of hydrogen-bond acceptors (Lipinski definition) is 3. The molecule has 0 aliphatic rings. The predicted octanol–water partition coefficient (Wildman–Crippen LogP) is 2.59. The van der Waals surface area contributed by atoms with Crippen molar-refractivity contribution < 1.29 is 27.8 Å². The third-order valence-corrected chi connectivity index (χ3v) is 2.16. The molecule has 0 aromatic carbocycles. The van der Waals surface area contributed by atoms with E-state index in [4.69, 9.17) is 5.11 Å². The summed E-state index contributed by atoms with van der Waals surface area (Å²) >= 11 is 0.